The molecule has 4 unspecified atom stereocenters. The lowest BCUT2D eigenvalue weighted by Crippen LogP contribution is -2.54. The Morgan fingerprint density at radius 2 is 2.03 bits per heavy atom. The van der Waals surface area contributed by atoms with Crippen molar-refractivity contribution in [1.82, 2.24) is 0 Å². The third kappa shape index (κ3) is 5.08. The fraction of sp³-hybridized carbons (Fsp3) is 0.640. The number of rotatable bonds is 9. The molecular weight excluding hydrogens is 412 g/mol. The molecule has 1 aromatic rings. The fourth-order valence-corrected chi connectivity index (χ4v) is 5.87. The standard InChI is InChI=1S/C25H34O7/c1-17-7-11-25(16-32-18(2)26)20(15-31-23(29)13-22(27)28)5-4-6-21(25)24(17,3)10-8-19-9-12-30-14-19/h5,9,12,14,17,21H,4,6-8,10-11,13,15-16H2,1-3H3,(H,27,28). The summed E-state index contributed by atoms with van der Waals surface area (Å²) in [7, 11) is 0. The van der Waals surface area contributed by atoms with Crippen molar-refractivity contribution in [2.75, 3.05) is 13.2 Å². The number of carboxylic acid groups (broad SMARTS) is 1. The van der Waals surface area contributed by atoms with Gasteiger partial charge in [0.25, 0.3) is 0 Å². The van der Waals surface area contributed by atoms with E-state index in [4.69, 9.17) is 19.0 Å². The highest BCUT2D eigenvalue weighted by atomic mass is 16.5. The van der Waals surface area contributed by atoms with E-state index in [9.17, 15) is 14.4 Å². The number of hydrogen-bond acceptors (Lipinski definition) is 6. The number of esters is 2. The van der Waals surface area contributed by atoms with Crippen molar-refractivity contribution < 1.29 is 33.4 Å². The summed E-state index contributed by atoms with van der Waals surface area (Å²) in [6.45, 7) is 6.34. The highest BCUT2D eigenvalue weighted by Crippen LogP contribution is 2.62. The summed E-state index contributed by atoms with van der Waals surface area (Å²) in [5, 5.41) is 8.86. The number of carboxylic acids is 1. The van der Waals surface area contributed by atoms with Crippen molar-refractivity contribution >= 4 is 17.9 Å². The van der Waals surface area contributed by atoms with Crippen LogP contribution in [-0.4, -0.2) is 36.2 Å². The van der Waals surface area contributed by atoms with Gasteiger partial charge in [0.15, 0.2) is 0 Å². The molecule has 7 heteroatoms. The van der Waals surface area contributed by atoms with Crippen LogP contribution in [0.5, 0.6) is 0 Å². The second-order valence-corrected chi connectivity index (χ2v) is 9.60. The van der Waals surface area contributed by atoms with Crippen molar-refractivity contribution in [3.63, 3.8) is 0 Å². The second-order valence-electron chi connectivity index (χ2n) is 9.60. The minimum atomic E-state index is -1.21. The van der Waals surface area contributed by atoms with Crippen molar-refractivity contribution in [3.8, 4) is 0 Å². The van der Waals surface area contributed by atoms with Crippen LogP contribution in [0, 0.1) is 22.7 Å². The first-order valence-electron chi connectivity index (χ1n) is 11.4. The Morgan fingerprint density at radius 3 is 2.69 bits per heavy atom. The summed E-state index contributed by atoms with van der Waals surface area (Å²) >= 11 is 0. The number of fused-ring (bicyclic) bond motifs is 1. The molecule has 1 heterocycles. The second kappa shape index (κ2) is 9.92. The molecule has 176 valence electrons. The number of carbonyl (C=O) groups excluding carboxylic acids is 2. The zero-order valence-corrected chi connectivity index (χ0v) is 19.2. The summed E-state index contributed by atoms with van der Waals surface area (Å²) in [6.07, 6.45) is 10.4. The molecule has 1 N–H and O–H groups in total. The van der Waals surface area contributed by atoms with Crippen LogP contribution in [0.2, 0.25) is 0 Å². The Balaban J connectivity index is 1.87. The Bertz CT molecular complexity index is 856. The first kappa shape index (κ1) is 24.1. The minimum Gasteiger partial charge on any atom is -0.481 e. The molecular formula is C25H34O7. The van der Waals surface area contributed by atoms with Crippen LogP contribution >= 0.6 is 0 Å². The smallest absolute Gasteiger partial charge is 0.317 e. The quantitative estimate of drug-likeness (QED) is 0.337. The molecule has 1 fully saturated rings. The van der Waals surface area contributed by atoms with Crippen molar-refractivity contribution in [1.29, 1.82) is 0 Å². The Hall–Kier alpha value is -2.57. The van der Waals surface area contributed by atoms with Gasteiger partial charge in [-0.05, 0) is 73.0 Å². The van der Waals surface area contributed by atoms with Gasteiger partial charge in [0, 0.05) is 12.3 Å². The van der Waals surface area contributed by atoms with E-state index in [0.29, 0.717) is 5.92 Å². The van der Waals surface area contributed by atoms with Crippen LogP contribution in [0.3, 0.4) is 0 Å². The number of ether oxygens (including phenoxy) is 2. The van der Waals surface area contributed by atoms with Crippen molar-refractivity contribution in [2.24, 2.45) is 22.7 Å². The van der Waals surface area contributed by atoms with Gasteiger partial charge in [-0.1, -0.05) is 19.9 Å². The van der Waals surface area contributed by atoms with Gasteiger partial charge < -0.3 is 19.0 Å². The molecule has 0 saturated heterocycles. The normalized spacial score (nSPS) is 29.5. The SMILES string of the molecule is CC(=O)OCC12CCC(C)C(C)(CCc3ccoc3)C1CCC=C2COC(=O)CC(=O)O. The average molecular weight is 447 g/mol. The predicted octanol–water partition coefficient (Wildman–Crippen LogP) is 4.55. The third-order valence-electron chi connectivity index (χ3n) is 7.85. The number of hydrogen-bond donors (Lipinski definition) is 1. The summed E-state index contributed by atoms with van der Waals surface area (Å²) in [5.41, 5.74) is 1.71. The van der Waals surface area contributed by atoms with Gasteiger partial charge in [-0.3, -0.25) is 14.4 Å². The van der Waals surface area contributed by atoms with E-state index in [-0.39, 0.29) is 30.5 Å². The van der Waals surface area contributed by atoms with Crippen LogP contribution in [0.1, 0.15) is 64.9 Å². The van der Waals surface area contributed by atoms with Gasteiger partial charge in [0.1, 0.15) is 19.6 Å². The lowest BCUT2D eigenvalue weighted by atomic mass is 9.46. The lowest BCUT2D eigenvalue weighted by Gasteiger charge is -2.59. The van der Waals surface area contributed by atoms with Crippen LogP contribution in [0.4, 0.5) is 0 Å². The molecule has 0 radical (unpaired) electrons. The van der Waals surface area contributed by atoms with Gasteiger partial charge in [-0.2, -0.15) is 0 Å². The van der Waals surface area contributed by atoms with E-state index in [1.54, 1.807) is 12.5 Å². The van der Waals surface area contributed by atoms with Crippen LogP contribution in [0.25, 0.3) is 0 Å². The minimum absolute atomic E-state index is 0.000250. The third-order valence-corrected chi connectivity index (χ3v) is 7.85. The average Bonchev–Trinajstić information content (AvgIpc) is 3.26. The van der Waals surface area contributed by atoms with E-state index in [1.807, 2.05) is 6.07 Å². The molecule has 0 bridgehead atoms. The molecule has 0 aromatic carbocycles. The van der Waals surface area contributed by atoms with Crippen molar-refractivity contribution in [3.05, 3.63) is 35.8 Å². The van der Waals surface area contributed by atoms with Crippen LogP contribution in [0.15, 0.2) is 34.7 Å². The topological polar surface area (TPSA) is 103 Å². The zero-order chi connectivity index (χ0) is 23.4. The van der Waals surface area contributed by atoms with E-state index in [0.717, 1.165) is 44.1 Å². The lowest BCUT2D eigenvalue weighted by molar-refractivity contribution is -0.156. The van der Waals surface area contributed by atoms with Crippen LogP contribution in [-0.2, 0) is 30.3 Å². The molecule has 2 aliphatic carbocycles. The van der Waals surface area contributed by atoms with Gasteiger partial charge in [0.05, 0.1) is 12.5 Å². The van der Waals surface area contributed by atoms with Gasteiger partial charge >= 0.3 is 17.9 Å². The molecule has 0 spiro atoms. The number of aliphatic carboxylic acids is 1. The number of furan rings is 1. The summed E-state index contributed by atoms with van der Waals surface area (Å²) < 4.78 is 16.2. The van der Waals surface area contributed by atoms with E-state index in [1.165, 1.54) is 12.5 Å². The number of allylic oxidation sites excluding steroid dienone is 1. The maximum absolute atomic E-state index is 11.9. The van der Waals surface area contributed by atoms with Gasteiger partial charge in [0.2, 0.25) is 0 Å². The van der Waals surface area contributed by atoms with Gasteiger partial charge in [-0.15, -0.1) is 0 Å². The predicted molar refractivity (Wildman–Crippen MR) is 117 cm³/mol. The maximum atomic E-state index is 11.9. The van der Waals surface area contributed by atoms with E-state index < -0.39 is 23.8 Å². The fourth-order valence-electron chi connectivity index (χ4n) is 5.87. The molecule has 1 aromatic heterocycles. The molecule has 1 saturated carbocycles. The molecule has 0 amide bonds. The zero-order valence-electron chi connectivity index (χ0n) is 19.2. The maximum Gasteiger partial charge on any atom is 0.317 e. The largest absolute Gasteiger partial charge is 0.481 e. The van der Waals surface area contributed by atoms with Crippen LogP contribution < -0.4 is 0 Å². The molecule has 7 nitrogen and oxygen atoms in total. The van der Waals surface area contributed by atoms with Gasteiger partial charge in [-0.25, -0.2) is 0 Å². The highest BCUT2D eigenvalue weighted by Gasteiger charge is 2.56. The monoisotopic (exact) mass is 446 g/mol. The first-order chi connectivity index (χ1) is 15.2. The highest BCUT2D eigenvalue weighted by molar-refractivity contribution is 5.90. The van der Waals surface area contributed by atoms with E-state index >= 15 is 0 Å². The summed E-state index contributed by atoms with van der Waals surface area (Å²) in [4.78, 5) is 34.5. The van der Waals surface area contributed by atoms with Crippen molar-refractivity contribution in [2.45, 2.75) is 65.7 Å². The Labute approximate surface area is 189 Å². The molecule has 3 rings (SSSR count). The first-order valence-corrected chi connectivity index (χ1v) is 11.4. The Kier molecular flexibility index (Phi) is 7.47. The number of aryl methyl sites for hydroxylation is 1. The molecule has 2 aliphatic rings. The number of carbonyl (C=O) groups is 3. The molecule has 4 atom stereocenters. The summed E-state index contributed by atoms with van der Waals surface area (Å²) in [6, 6.07) is 2.00. The summed E-state index contributed by atoms with van der Waals surface area (Å²) in [5.74, 6) is -1.56. The Morgan fingerprint density at radius 1 is 1.25 bits per heavy atom. The van der Waals surface area contributed by atoms with E-state index in [2.05, 4.69) is 19.9 Å². The molecule has 0 aliphatic heterocycles. The molecule has 32 heavy (non-hydrogen) atoms.